The van der Waals surface area contributed by atoms with Crippen LogP contribution in [0.3, 0.4) is 0 Å². The Morgan fingerprint density at radius 2 is 1.47 bits per heavy atom. The zero-order valence-corrected chi connectivity index (χ0v) is 26.1. The fourth-order valence-electron chi connectivity index (χ4n) is 5.63. The second-order valence-corrected chi connectivity index (χ2v) is 11.5. The molecule has 0 saturated heterocycles. The lowest BCUT2D eigenvalue weighted by Crippen LogP contribution is -2.23. The van der Waals surface area contributed by atoms with Gasteiger partial charge >= 0.3 is 11.9 Å². The Hall–Kier alpha value is -4.33. The second-order valence-electron chi connectivity index (χ2n) is 11.5. The molecule has 236 valence electrons. The van der Waals surface area contributed by atoms with Gasteiger partial charge in [-0.3, -0.25) is 4.79 Å². The number of aliphatic hydroxyl groups is 2. The van der Waals surface area contributed by atoms with E-state index in [1.807, 2.05) is 24.3 Å². The van der Waals surface area contributed by atoms with E-state index in [9.17, 15) is 19.5 Å². The zero-order valence-electron chi connectivity index (χ0n) is 26.1. The Balaban J connectivity index is 1.57. The third kappa shape index (κ3) is 8.87. The van der Waals surface area contributed by atoms with Crippen LogP contribution in [0.1, 0.15) is 69.9 Å². The first-order valence-electron chi connectivity index (χ1n) is 15.7. The summed E-state index contributed by atoms with van der Waals surface area (Å²) in [7, 11) is 0. The lowest BCUT2D eigenvalue weighted by molar-refractivity contribution is -0.148. The molecule has 0 aliphatic heterocycles. The Morgan fingerprint density at radius 3 is 2.07 bits per heavy atom. The number of hydrogen-bond donors (Lipinski definition) is 2. The third-order valence-electron chi connectivity index (χ3n) is 8.27. The SMILES string of the molecule is C=C(CO)C(=O)Oc1cc(OC(=O)C(=O)CO)cc(-c2ccc(-c3ccc(C4=CCC(CCCCC)CC4)cc3CC)cc2)c1. The van der Waals surface area contributed by atoms with E-state index >= 15 is 0 Å². The summed E-state index contributed by atoms with van der Waals surface area (Å²) in [6, 6.07) is 19.0. The van der Waals surface area contributed by atoms with Crippen LogP contribution in [0.4, 0.5) is 0 Å². The van der Waals surface area contributed by atoms with E-state index in [1.165, 1.54) is 67.4 Å². The maximum atomic E-state index is 12.2. The fourth-order valence-corrected chi connectivity index (χ4v) is 5.63. The molecule has 1 atom stereocenters. The summed E-state index contributed by atoms with van der Waals surface area (Å²) in [5, 5.41) is 18.2. The maximum Gasteiger partial charge on any atom is 0.382 e. The van der Waals surface area contributed by atoms with Gasteiger partial charge in [0.1, 0.15) is 18.1 Å². The number of rotatable bonds is 14. The van der Waals surface area contributed by atoms with Crippen LogP contribution in [-0.2, 0) is 20.8 Å². The van der Waals surface area contributed by atoms with Gasteiger partial charge in [0.05, 0.1) is 12.2 Å². The van der Waals surface area contributed by atoms with Crippen molar-refractivity contribution in [2.75, 3.05) is 13.2 Å². The van der Waals surface area contributed by atoms with Crippen molar-refractivity contribution >= 4 is 23.3 Å². The highest BCUT2D eigenvalue weighted by Crippen LogP contribution is 2.36. The van der Waals surface area contributed by atoms with Crippen LogP contribution in [0.5, 0.6) is 11.5 Å². The van der Waals surface area contributed by atoms with Gasteiger partial charge in [0, 0.05) is 6.07 Å². The number of carbonyl (C=O) groups is 3. The van der Waals surface area contributed by atoms with Crippen LogP contribution in [0, 0.1) is 5.92 Å². The molecule has 2 N–H and O–H groups in total. The summed E-state index contributed by atoms with van der Waals surface area (Å²) >= 11 is 0. The first-order chi connectivity index (χ1) is 21.8. The number of unbranched alkanes of at least 4 members (excludes halogenated alkanes) is 2. The number of aliphatic hydroxyl groups excluding tert-OH is 2. The molecule has 0 saturated carbocycles. The molecule has 4 rings (SSSR count). The molecular formula is C38H42O7. The van der Waals surface area contributed by atoms with Gasteiger partial charge in [-0.2, -0.15) is 0 Å². The number of aryl methyl sites for hydroxylation is 1. The van der Waals surface area contributed by atoms with Crippen molar-refractivity contribution in [2.24, 2.45) is 5.92 Å². The smallest absolute Gasteiger partial charge is 0.382 e. The molecule has 0 spiro atoms. The molecule has 0 bridgehead atoms. The number of ketones is 1. The second kappa shape index (κ2) is 16.1. The Bertz CT molecular complexity index is 1520. The molecule has 1 aliphatic carbocycles. The number of carbonyl (C=O) groups excluding carboxylic acids is 3. The van der Waals surface area contributed by atoms with Crippen molar-refractivity contribution in [1.82, 2.24) is 0 Å². The largest absolute Gasteiger partial charge is 0.423 e. The van der Waals surface area contributed by atoms with Crippen molar-refractivity contribution < 1.29 is 34.1 Å². The molecule has 45 heavy (non-hydrogen) atoms. The number of benzene rings is 3. The average Bonchev–Trinajstić information content (AvgIpc) is 3.07. The topological polar surface area (TPSA) is 110 Å². The molecule has 3 aromatic rings. The number of Topliss-reactive ketones (excluding diaryl/α,β-unsaturated/α-hetero) is 1. The van der Waals surface area contributed by atoms with Gasteiger partial charge < -0.3 is 19.7 Å². The van der Waals surface area contributed by atoms with Gasteiger partial charge in [0.2, 0.25) is 0 Å². The number of allylic oxidation sites excluding steroid dienone is 2. The highest BCUT2D eigenvalue weighted by molar-refractivity contribution is 6.34. The zero-order chi connectivity index (χ0) is 32.3. The quantitative estimate of drug-likeness (QED) is 0.0650. The minimum Gasteiger partial charge on any atom is -0.423 e. The molecule has 1 aliphatic rings. The standard InChI is InChI=1S/C38H42O7/c1-4-6-7-8-26-9-11-28(12-10-26)31-17-18-35(27(5-2)19-31)30-15-13-29(14-16-30)32-20-33(44-37(42)25(3)23-39)22-34(21-32)45-38(43)36(41)24-40/h11,13-22,26,39-40H,3-10,12,23-24H2,1-2H3. The summed E-state index contributed by atoms with van der Waals surface area (Å²) in [4.78, 5) is 35.9. The summed E-state index contributed by atoms with van der Waals surface area (Å²) in [5.74, 6) is -2.41. The van der Waals surface area contributed by atoms with Crippen LogP contribution < -0.4 is 9.47 Å². The fraction of sp³-hybridized carbons (Fsp3) is 0.342. The van der Waals surface area contributed by atoms with E-state index in [1.54, 1.807) is 6.07 Å². The predicted octanol–water partition coefficient (Wildman–Crippen LogP) is 7.27. The van der Waals surface area contributed by atoms with Gasteiger partial charge in [-0.25, -0.2) is 9.59 Å². The number of ether oxygens (including phenoxy) is 2. The molecule has 1 unspecified atom stereocenters. The minimum absolute atomic E-state index is 0.0311. The first-order valence-corrected chi connectivity index (χ1v) is 15.7. The molecular weight excluding hydrogens is 568 g/mol. The molecule has 0 amide bonds. The van der Waals surface area contributed by atoms with Gasteiger partial charge in [-0.1, -0.05) is 94.7 Å². The maximum absolute atomic E-state index is 12.2. The Morgan fingerprint density at radius 1 is 0.800 bits per heavy atom. The highest BCUT2D eigenvalue weighted by atomic mass is 16.5. The highest BCUT2D eigenvalue weighted by Gasteiger charge is 2.19. The average molecular weight is 611 g/mol. The molecule has 0 aromatic heterocycles. The van der Waals surface area contributed by atoms with Crippen molar-refractivity contribution in [3.8, 4) is 33.8 Å². The molecule has 0 radical (unpaired) electrons. The van der Waals surface area contributed by atoms with Crippen LogP contribution in [0.2, 0.25) is 0 Å². The van der Waals surface area contributed by atoms with Crippen LogP contribution in [0.25, 0.3) is 27.8 Å². The van der Waals surface area contributed by atoms with E-state index in [2.05, 4.69) is 44.7 Å². The summed E-state index contributed by atoms with van der Waals surface area (Å²) in [6.07, 6.45) is 12.1. The lowest BCUT2D eigenvalue weighted by Gasteiger charge is -2.23. The number of esters is 2. The molecule has 7 nitrogen and oxygen atoms in total. The molecule has 0 heterocycles. The summed E-state index contributed by atoms with van der Waals surface area (Å²) in [6.45, 7) is 6.32. The molecule has 0 fully saturated rings. The van der Waals surface area contributed by atoms with E-state index in [-0.39, 0.29) is 17.1 Å². The predicted molar refractivity (Wildman–Crippen MR) is 176 cm³/mol. The van der Waals surface area contributed by atoms with Crippen LogP contribution in [0.15, 0.2) is 78.9 Å². The molecule has 3 aromatic carbocycles. The van der Waals surface area contributed by atoms with Crippen molar-refractivity contribution in [1.29, 1.82) is 0 Å². The summed E-state index contributed by atoms with van der Waals surface area (Å²) < 4.78 is 10.5. The third-order valence-corrected chi connectivity index (χ3v) is 8.27. The monoisotopic (exact) mass is 610 g/mol. The van der Waals surface area contributed by atoms with E-state index in [0.717, 1.165) is 35.4 Å². The van der Waals surface area contributed by atoms with Crippen molar-refractivity contribution in [2.45, 2.75) is 65.2 Å². The summed E-state index contributed by atoms with van der Waals surface area (Å²) in [5.41, 5.74) is 7.38. The number of hydrogen-bond acceptors (Lipinski definition) is 7. The first kappa shape index (κ1) is 33.6. The van der Waals surface area contributed by atoms with Crippen LogP contribution in [-0.4, -0.2) is 41.1 Å². The van der Waals surface area contributed by atoms with Gasteiger partial charge in [0.25, 0.3) is 5.78 Å². The van der Waals surface area contributed by atoms with E-state index in [4.69, 9.17) is 14.6 Å². The van der Waals surface area contributed by atoms with E-state index < -0.39 is 30.9 Å². The van der Waals surface area contributed by atoms with Gasteiger partial charge in [0.15, 0.2) is 0 Å². The van der Waals surface area contributed by atoms with Crippen LogP contribution >= 0.6 is 0 Å². The van der Waals surface area contributed by atoms with E-state index in [0.29, 0.717) is 5.56 Å². The minimum atomic E-state index is -1.24. The normalized spacial score (nSPS) is 14.4. The van der Waals surface area contributed by atoms with Gasteiger partial charge in [-0.15, -0.1) is 0 Å². The Kier molecular flexibility index (Phi) is 12.0. The van der Waals surface area contributed by atoms with Crippen molar-refractivity contribution in [3.05, 3.63) is 90.0 Å². The Labute approximate surface area is 265 Å². The lowest BCUT2D eigenvalue weighted by atomic mass is 9.83. The molecule has 7 heteroatoms. The van der Waals surface area contributed by atoms with Gasteiger partial charge in [-0.05, 0) is 82.7 Å². The van der Waals surface area contributed by atoms with Crippen molar-refractivity contribution in [3.63, 3.8) is 0 Å².